The first-order valence-corrected chi connectivity index (χ1v) is 8.36. The molecule has 1 rings (SSSR count). The first kappa shape index (κ1) is 16.4. The topological polar surface area (TPSA) is 97.1 Å². The maximum Gasteiger partial charge on any atom is 0.244 e. The van der Waals surface area contributed by atoms with Gasteiger partial charge in [-0.2, -0.15) is 0 Å². The van der Waals surface area contributed by atoms with Crippen LogP contribution in [0.25, 0.3) is 0 Å². The molecule has 0 aliphatic carbocycles. The zero-order valence-corrected chi connectivity index (χ0v) is 13.4. The second kappa shape index (κ2) is 7.18. The fraction of sp³-hybridized carbons (Fsp3) is 0.545. The Bertz CT molecular complexity index is 521. The number of sulfonamides is 1. The van der Waals surface area contributed by atoms with Crippen molar-refractivity contribution in [1.29, 1.82) is 0 Å². The summed E-state index contributed by atoms with van der Waals surface area (Å²) < 4.78 is 27.9. The summed E-state index contributed by atoms with van der Waals surface area (Å²) in [7, 11) is -3.64. The Morgan fingerprint density at radius 3 is 2.68 bits per heavy atom. The van der Waals surface area contributed by atoms with E-state index in [4.69, 9.17) is 5.84 Å². The molecule has 0 fully saturated rings. The van der Waals surface area contributed by atoms with Gasteiger partial charge < -0.3 is 5.43 Å². The van der Waals surface area contributed by atoms with Crippen LogP contribution in [0.2, 0.25) is 0 Å². The van der Waals surface area contributed by atoms with Crippen molar-refractivity contribution in [1.82, 2.24) is 9.71 Å². The van der Waals surface area contributed by atoms with Gasteiger partial charge in [0.1, 0.15) is 4.90 Å². The summed E-state index contributed by atoms with van der Waals surface area (Å²) in [6.07, 6.45) is 3.93. The van der Waals surface area contributed by atoms with Gasteiger partial charge in [-0.15, -0.1) is 0 Å². The van der Waals surface area contributed by atoms with Gasteiger partial charge in [-0.25, -0.2) is 24.0 Å². The third-order valence-corrected chi connectivity index (χ3v) is 4.66. The summed E-state index contributed by atoms with van der Waals surface area (Å²) in [5.41, 5.74) is 2.30. The molecule has 4 N–H and O–H groups in total. The number of nitrogens with zero attached hydrogens (tertiary/aromatic N) is 1. The molecule has 1 aromatic rings. The molecule has 0 aliphatic heterocycles. The smallest absolute Gasteiger partial charge is 0.244 e. The Labute approximate surface area is 122 Å². The predicted octanol–water partition coefficient (Wildman–Crippen LogP) is 1.99. The number of rotatable bonds is 7. The van der Waals surface area contributed by atoms with E-state index >= 15 is 0 Å². The van der Waals surface area contributed by atoms with Crippen molar-refractivity contribution in [3.63, 3.8) is 0 Å². The minimum Gasteiger partial charge on any atom is -0.307 e. The van der Waals surface area contributed by atoms with Crippen molar-refractivity contribution in [3.8, 4) is 0 Å². The Morgan fingerprint density at radius 1 is 1.47 bits per heavy atom. The van der Waals surface area contributed by atoms with E-state index in [1.165, 1.54) is 12.3 Å². The lowest BCUT2D eigenvalue weighted by molar-refractivity contribution is 0.512. The molecule has 1 unspecified atom stereocenters. The molecule has 108 valence electrons. The first-order valence-electron chi connectivity index (χ1n) is 6.09. The van der Waals surface area contributed by atoms with Gasteiger partial charge in [-0.3, -0.25) is 0 Å². The number of nitrogens with two attached hydrogens (primary N) is 1. The van der Waals surface area contributed by atoms with E-state index in [2.05, 4.69) is 31.1 Å². The third-order valence-electron chi connectivity index (χ3n) is 2.70. The van der Waals surface area contributed by atoms with Crippen LogP contribution in [0.5, 0.6) is 0 Å². The highest BCUT2D eigenvalue weighted by molar-refractivity contribution is 9.10. The van der Waals surface area contributed by atoms with Gasteiger partial charge in [0.15, 0.2) is 5.82 Å². The zero-order chi connectivity index (χ0) is 14.5. The van der Waals surface area contributed by atoms with Gasteiger partial charge in [-0.05, 0) is 34.8 Å². The van der Waals surface area contributed by atoms with Crippen LogP contribution < -0.4 is 16.0 Å². The number of anilines is 1. The van der Waals surface area contributed by atoms with E-state index in [-0.39, 0.29) is 16.8 Å². The van der Waals surface area contributed by atoms with Crippen LogP contribution in [0, 0.1) is 0 Å². The van der Waals surface area contributed by atoms with Crippen LogP contribution >= 0.6 is 15.9 Å². The Kier molecular flexibility index (Phi) is 6.18. The lowest BCUT2D eigenvalue weighted by atomic mass is 10.1. The van der Waals surface area contributed by atoms with E-state index in [0.717, 1.165) is 19.3 Å². The van der Waals surface area contributed by atoms with Gasteiger partial charge in [0.25, 0.3) is 0 Å². The Balaban J connectivity index is 3.09. The van der Waals surface area contributed by atoms with Gasteiger partial charge in [-0.1, -0.05) is 20.3 Å². The van der Waals surface area contributed by atoms with Gasteiger partial charge >= 0.3 is 0 Å². The second-order valence-corrected chi connectivity index (χ2v) is 6.76. The minimum atomic E-state index is -3.64. The molecular formula is C11H19BrN4O2S. The lowest BCUT2D eigenvalue weighted by Gasteiger charge is -2.17. The first-order chi connectivity index (χ1) is 8.94. The van der Waals surface area contributed by atoms with Crippen molar-refractivity contribution < 1.29 is 8.42 Å². The Morgan fingerprint density at radius 2 is 2.16 bits per heavy atom. The third kappa shape index (κ3) is 4.41. The SMILES string of the molecule is CCCC(CC)NS(=O)(=O)c1cc(Br)cnc1NN. The summed E-state index contributed by atoms with van der Waals surface area (Å²) in [5, 5.41) is 0. The normalized spacial score (nSPS) is 13.3. The summed E-state index contributed by atoms with van der Waals surface area (Å²) in [6, 6.07) is 1.39. The largest absolute Gasteiger partial charge is 0.307 e. The zero-order valence-electron chi connectivity index (χ0n) is 11.0. The second-order valence-electron chi connectivity index (χ2n) is 4.16. The summed E-state index contributed by atoms with van der Waals surface area (Å²) >= 11 is 3.21. The van der Waals surface area contributed by atoms with E-state index < -0.39 is 10.0 Å². The number of hydrogen-bond acceptors (Lipinski definition) is 5. The molecule has 0 aromatic carbocycles. The molecule has 0 radical (unpaired) electrons. The molecule has 0 spiro atoms. The lowest BCUT2D eigenvalue weighted by Crippen LogP contribution is -2.35. The molecule has 19 heavy (non-hydrogen) atoms. The van der Waals surface area contributed by atoms with Crippen LogP contribution in [0.15, 0.2) is 21.6 Å². The standard InChI is InChI=1S/C11H19BrN4O2S/c1-3-5-9(4-2)16-19(17,18)10-6-8(12)7-14-11(10)15-13/h6-7,9,16H,3-5,13H2,1-2H3,(H,14,15). The average Bonchev–Trinajstić information content (AvgIpc) is 2.38. The molecule has 0 bridgehead atoms. The maximum atomic E-state index is 12.3. The molecule has 1 heterocycles. The van der Waals surface area contributed by atoms with Crippen LogP contribution in [-0.4, -0.2) is 19.4 Å². The quantitative estimate of drug-likeness (QED) is 0.516. The average molecular weight is 351 g/mol. The number of halogens is 1. The highest BCUT2D eigenvalue weighted by Crippen LogP contribution is 2.22. The predicted molar refractivity (Wildman–Crippen MR) is 79.1 cm³/mol. The van der Waals surface area contributed by atoms with E-state index in [1.54, 1.807) is 0 Å². The van der Waals surface area contributed by atoms with Crippen molar-refractivity contribution >= 4 is 31.8 Å². The van der Waals surface area contributed by atoms with Crippen LogP contribution in [-0.2, 0) is 10.0 Å². The van der Waals surface area contributed by atoms with Crippen LogP contribution in [0.4, 0.5) is 5.82 Å². The maximum absolute atomic E-state index is 12.3. The van der Waals surface area contributed by atoms with Crippen LogP contribution in [0.3, 0.4) is 0 Å². The molecule has 1 atom stereocenters. The van der Waals surface area contributed by atoms with Crippen LogP contribution in [0.1, 0.15) is 33.1 Å². The van der Waals surface area contributed by atoms with Crippen molar-refractivity contribution in [2.24, 2.45) is 5.84 Å². The number of hydrazine groups is 1. The Hall–Kier alpha value is -0.700. The number of aromatic nitrogens is 1. The van der Waals surface area contributed by atoms with Gasteiger partial charge in [0, 0.05) is 16.7 Å². The monoisotopic (exact) mass is 350 g/mol. The highest BCUT2D eigenvalue weighted by Gasteiger charge is 2.22. The van der Waals surface area contributed by atoms with Crippen molar-refractivity contribution in [2.45, 2.75) is 44.0 Å². The molecular weight excluding hydrogens is 332 g/mol. The summed E-state index contributed by atoms with van der Waals surface area (Å²) in [4.78, 5) is 3.98. The number of nitrogen functional groups attached to an aromatic ring is 1. The molecule has 0 amide bonds. The van der Waals surface area contributed by atoms with E-state index in [1.807, 2.05) is 13.8 Å². The summed E-state index contributed by atoms with van der Waals surface area (Å²) in [5.74, 6) is 5.43. The van der Waals surface area contributed by atoms with Gasteiger partial charge in [0.2, 0.25) is 10.0 Å². The fourth-order valence-electron chi connectivity index (χ4n) is 1.71. The molecule has 1 aromatic heterocycles. The minimum absolute atomic E-state index is 0.0407. The highest BCUT2D eigenvalue weighted by atomic mass is 79.9. The molecule has 0 saturated carbocycles. The van der Waals surface area contributed by atoms with E-state index in [9.17, 15) is 8.42 Å². The molecule has 8 heteroatoms. The number of hydrogen-bond donors (Lipinski definition) is 3. The summed E-state index contributed by atoms with van der Waals surface area (Å²) in [6.45, 7) is 3.97. The fourth-order valence-corrected chi connectivity index (χ4v) is 3.69. The van der Waals surface area contributed by atoms with Crippen molar-refractivity contribution in [2.75, 3.05) is 5.43 Å². The number of pyridine rings is 1. The van der Waals surface area contributed by atoms with Gasteiger partial charge in [0.05, 0.1) is 0 Å². The molecule has 6 nitrogen and oxygen atoms in total. The molecule has 0 aliphatic rings. The van der Waals surface area contributed by atoms with Crippen molar-refractivity contribution in [3.05, 3.63) is 16.7 Å². The molecule has 0 saturated heterocycles. The number of nitrogens with one attached hydrogen (secondary N) is 2. The van der Waals surface area contributed by atoms with E-state index in [0.29, 0.717) is 4.47 Å².